The number of hydrazone groups is 1. The molecule has 1 aromatic rings. The van der Waals surface area contributed by atoms with Gasteiger partial charge in [0.25, 0.3) is 5.91 Å². The van der Waals surface area contributed by atoms with E-state index in [0.717, 1.165) is 15.9 Å². The molecule has 0 unspecified atom stereocenters. The highest BCUT2D eigenvalue weighted by Crippen LogP contribution is 2.14. The van der Waals surface area contributed by atoms with E-state index in [2.05, 4.69) is 31.8 Å². The second-order valence-electron chi connectivity index (χ2n) is 3.46. The molecule has 0 fully saturated rings. The van der Waals surface area contributed by atoms with Crippen molar-refractivity contribution < 1.29 is 4.79 Å². The Bertz CT molecular complexity index is 400. The Morgan fingerprint density at radius 2 is 2.19 bits per heavy atom. The molecule has 0 heterocycles. The number of carbonyl (C=O) groups is 1. The molecule has 1 rings (SSSR count). The lowest BCUT2D eigenvalue weighted by atomic mass is 10.3. The monoisotopic (exact) mass is 283 g/mol. The van der Waals surface area contributed by atoms with Gasteiger partial charge in [-0.25, -0.2) is 5.43 Å². The first kappa shape index (κ1) is 12.7. The molecular weight excluding hydrogens is 270 g/mol. The third-order valence-corrected chi connectivity index (χ3v) is 2.18. The van der Waals surface area contributed by atoms with Gasteiger partial charge in [0.1, 0.15) is 0 Å². The van der Waals surface area contributed by atoms with Gasteiger partial charge in [-0.3, -0.25) is 4.79 Å². The summed E-state index contributed by atoms with van der Waals surface area (Å²) in [6, 6.07) is 7.63. The maximum Gasteiger partial charge on any atom is 0.259 e. The van der Waals surface area contributed by atoms with E-state index in [4.69, 9.17) is 0 Å². The topological polar surface area (TPSA) is 53.5 Å². The van der Waals surface area contributed by atoms with Crippen molar-refractivity contribution in [3.05, 3.63) is 28.7 Å². The fraction of sp³-hybridized carbons (Fsp3) is 0.273. The van der Waals surface area contributed by atoms with E-state index in [0.29, 0.717) is 0 Å². The number of rotatable bonds is 4. The Labute approximate surface area is 103 Å². The fourth-order valence-electron chi connectivity index (χ4n) is 0.994. The van der Waals surface area contributed by atoms with E-state index < -0.39 is 0 Å². The molecule has 0 radical (unpaired) electrons. The van der Waals surface area contributed by atoms with E-state index in [1.54, 1.807) is 0 Å². The van der Waals surface area contributed by atoms with E-state index in [1.165, 1.54) is 0 Å². The molecular formula is C11H14BrN3O. The Balaban J connectivity index is 2.40. The van der Waals surface area contributed by atoms with Crippen molar-refractivity contribution in [1.82, 2.24) is 5.43 Å². The first-order valence-electron chi connectivity index (χ1n) is 4.87. The van der Waals surface area contributed by atoms with E-state index in [9.17, 15) is 4.79 Å². The number of anilines is 1. The van der Waals surface area contributed by atoms with Crippen LogP contribution in [0.15, 0.2) is 33.8 Å². The summed E-state index contributed by atoms with van der Waals surface area (Å²) in [7, 11) is 0. The maximum atomic E-state index is 11.3. The number of carbonyl (C=O) groups excluding carboxylic acids is 1. The number of benzene rings is 1. The molecule has 86 valence electrons. The minimum absolute atomic E-state index is 0.166. The van der Waals surface area contributed by atoms with Crippen LogP contribution in [0.25, 0.3) is 0 Å². The van der Waals surface area contributed by atoms with Crippen LogP contribution in [0.1, 0.15) is 13.8 Å². The van der Waals surface area contributed by atoms with Crippen LogP contribution in [0, 0.1) is 0 Å². The molecule has 2 N–H and O–H groups in total. The largest absolute Gasteiger partial charge is 0.376 e. The summed E-state index contributed by atoms with van der Waals surface area (Å²) in [5.74, 6) is -0.166. The van der Waals surface area contributed by atoms with Gasteiger partial charge < -0.3 is 5.32 Å². The van der Waals surface area contributed by atoms with Crippen LogP contribution in [0.3, 0.4) is 0 Å². The highest BCUT2D eigenvalue weighted by molar-refractivity contribution is 9.10. The van der Waals surface area contributed by atoms with Crippen LogP contribution < -0.4 is 10.7 Å². The van der Waals surface area contributed by atoms with Gasteiger partial charge in [-0.2, -0.15) is 5.10 Å². The Kier molecular flexibility index (Phi) is 4.98. The molecule has 0 spiro atoms. The fourth-order valence-corrected chi connectivity index (χ4v) is 1.39. The smallest absolute Gasteiger partial charge is 0.259 e. The standard InChI is InChI=1S/C11H14BrN3O/c1-8(2)14-15-11(16)7-13-10-5-3-4-9(12)6-10/h3-6,13H,7H2,1-2H3,(H,15,16). The van der Waals surface area contributed by atoms with Gasteiger partial charge in [0, 0.05) is 15.9 Å². The molecule has 0 saturated heterocycles. The Morgan fingerprint density at radius 1 is 1.44 bits per heavy atom. The molecule has 1 aromatic carbocycles. The first-order valence-corrected chi connectivity index (χ1v) is 5.66. The lowest BCUT2D eigenvalue weighted by Crippen LogP contribution is -2.26. The maximum absolute atomic E-state index is 11.3. The lowest BCUT2D eigenvalue weighted by Gasteiger charge is -2.05. The third-order valence-electron chi connectivity index (χ3n) is 1.68. The van der Waals surface area contributed by atoms with Crippen LogP contribution >= 0.6 is 15.9 Å². The average molecular weight is 284 g/mol. The summed E-state index contributed by atoms with van der Waals surface area (Å²) >= 11 is 3.36. The normalized spacial score (nSPS) is 9.44. The van der Waals surface area contributed by atoms with Crippen molar-refractivity contribution in [2.45, 2.75) is 13.8 Å². The predicted octanol–water partition coefficient (Wildman–Crippen LogP) is 2.37. The molecule has 16 heavy (non-hydrogen) atoms. The minimum Gasteiger partial charge on any atom is -0.376 e. The highest BCUT2D eigenvalue weighted by Gasteiger charge is 1.99. The van der Waals surface area contributed by atoms with Gasteiger partial charge in [-0.05, 0) is 32.0 Å². The quantitative estimate of drug-likeness (QED) is 0.659. The number of nitrogens with one attached hydrogen (secondary N) is 2. The van der Waals surface area contributed by atoms with Crippen LogP contribution in [0.4, 0.5) is 5.69 Å². The third kappa shape index (κ3) is 4.93. The lowest BCUT2D eigenvalue weighted by molar-refractivity contribution is -0.119. The molecule has 0 aliphatic rings. The zero-order valence-corrected chi connectivity index (χ0v) is 10.8. The molecule has 0 aliphatic carbocycles. The highest BCUT2D eigenvalue weighted by atomic mass is 79.9. The zero-order valence-electron chi connectivity index (χ0n) is 9.25. The molecule has 0 saturated carbocycles. The van der Waals surface area contributed by atoms with E-state index in [-0.39, 0.29) is 12.5 Å². The number of nitrogens with zero attached hydrogens (tertiary/aromatic N) is 1. The molecule has 1 amide bonds. The van der Waals surface area contributed by atoms with Gasteiger partial charge in [-0.1, -0.05) is 22.0 Å². The number of amides is 1. The number of halogens is 1. The van der Waals surface area contributed by atoms with Gasteiger partial charge in [0.05, 0.1) is 6.54 Å². The number of hydrogen-bond donors (Lipinski definition) is 2. The van der Waals surface area contributed by atoms with E-state index >= 15 is 0 Å². The summed E-state index contributed by atoms with van der Waals surface area (Å²) in [6.45, 7) is 3.84. The Hall–Kier alpha value is -1.36. The van der Waals surface area contributed by atoms with Crippen molar-refractivity contribution in [3.8, 4) is 0 Å². The minimum atomic E-state index is -0.166. The van der Waals surface area contributed by atoms with Gasteiger partial charge >= 0.3 is 0 Å². The molecule has 5 heteroatoms. The molecule has 0 aromatic heterocycles. The predicted molar refractivity (Wildman–Crippen MR) is 69.6 cm³/mol. The summed E-state index contributed by atoms with van der Waals surface area (Å²) in [5, 5.41) is 6.82. The second-order valence-corrected chi connectivity index (χ2v) is 4.37. The van der Waals surface area contributed by atoms with Crippen LogP contribution in [0.5, 0.6) is 0 Å². The van der Waals surface area contributed by atoms with Gasteiger partial charge in [0.15, 0.2) is 0 Å². The SMILES string of the molecule is CC(C)=NNC(=O)CNc1cccc(Br)c1. The average Bonchev–Trinajstić information content (AvgIpc) is 2.23. The molecule has 0 atom stereocenters. The summed E-state index contributed by atoms with van der Waals surface area (Å²) in [5.41, 5.74) is 4.15. The summed E-state index contributed by atoms with van der Waals surface area (Å²) in [6.07, 6.45) is 0. The van der Waals surface area contributed by atoms with Crippen molar-refractivity contribution in [2.75, 3.05) is 11.9 Å². The number of hydrogen-bond acceptors (Lipinski definition) is 3. The first-order chi connectivity index (χ1) is 7.58. The van der Waals surface area contributed by atoms with Crippen molar-refractivity contribution in [1.29, 1.82) is 0 Å². The summed E-state index contributed by atoms with van der Waals surface area (Å²) < 4.78 is 0.973. The van der Waals surface area contributed by atoms with Crippen molar-refractivity contribution in [2.24, 2.45) is 5.10 Å². The second kappa shape index (κ2) is 6.27. The molecule has 0 bridgehead atoms. The zero-order chi connectivity index (χ0) is 12.0. The van der Waals surface area contributed by atoms with Crippen LogP contribution in [-0.4, -0.2) is 18.2 Å². The van der Waals surface area contributed by atoms with E-state index in [1.807, 2.05) is 38.1 Å². The van der Waals surface area contributed by atoms with Gasteiger partial charge in [0.2, 0.25) is 0 Å². The summed E-state index contributed by atoms with van der Waals surface area (Å²) in [4.78, 5) is 11.3. The molecule has 0 aliphatic heterocycles. The molecule has 4 nitrogen and oxygen atoms in total. The van der Waals surface area contributed by atoms with Crippen molar-refractivity contribution in [3.63, 3.8) is 0 Å². The Morgan fingerprint density at radius 3 is 2.81 bits per heavy atom. The van der Waals surface area contributed by atoms with Gasteiger partial charge in [-0.15, -0.1) is 0 Å². The van der Waals surface area contributed by atoms with Crippen LogP contribution in [-0.2, 0) is 4.79 Å². The van der Waals surface area contributed by atoms with Crippen LogP contribution in [0.2, 0.25) is 0 Å². The van der Waals surface area contributed by atoms with Crippen molar-refractivity contribution >= 4 is 33.2 Å².